The molecule has 1 aromatic rings. The Morgan fingerprint density at radius 1 is 1.33 bits per heavy atom. The summed E-state index contributed by atoms with van der Waals surface area (Å²) in [6.07, 6.45) is -0.230. The second-order valence-corrected chi connectivity index (χ2v) is 7.04. The molecule has 1 atom stereocenters. The van der Waals surface area contributed by atoms with Gasteiger partial charge in [-0.15, -0.1) is 0 Å². The molecule has 0 spiro atoms. The summed E-state index contributed by atoms with van der Waals surface area (Å²) in [4.78, 5) is 0.0183. The van der Waals surface area contributed by atoms with Crippen molar-refractivity contribution in [2.24, 2.45) is 0 Å². The van der Waals surface area contributed by atoms with E-state index < -0.39 is 10.0 Å². The van der Waals surface area contributed by atoms with E-state index >= 15 is 0 Å². The molecule has 0 fully saturated rings. The molecule has 0 bridgehead atoms. The Kier molecular flexibility index (Phi) is 7.39. The van der Waals surface area contributed by atoms with Gasteiger partial charge < -0.3 is 10.1 Å². The molecule has 0 aromatic heterocycles. The Bertz CT molecular complexity index is 579. The van der Waals surface area contributed by atoms with Crippen LogP contribution in [0.1, 0.15) is 19.4 Å². The Labute approximate surface area is 136 Å². The minimum atomic E-state index is -3.71. The Hall–Kier alpha value is -0.370. The van der Waals surface area contributed by atoms with Crippen LogP contribution in [0.4, 0.5) is 0 Å². The van der Waals surface area contributed by atoms with Gasteiger partial charge in [0.2, 0.25) is 10.0 Å². The van der Waals surface area contributed by atoms with Gasteiger partial charge in [-0.1, -0.05) is 30.1 Å². The number of rotatable bonds is 8. The number of hydrogen-bond donors (Lipinski definition) is 2. The Morgan fingerprint density at radius 2 is 2.00 bits per heavy atom. The standard InChI is InChI=1S/C13H20Cl2N2O3S/c1-4-16-8-10-11(14)5-6-12(13(10)15)21(18,19)17-7-9(2)20-3/h5-6,9,16-17H,4,7-8H2,1-3H3. The third-order valence-electron chi connectivity index (χ3n) is 2.96. The van der Waals surface area contributed by atoms with Crippen molar-refractivity contribution in [3.8, 4) is 0 Å². The van der Waals surface area contributed by atoms with Crippen LogP contribution in [0.5, 0.6) is 0 Å². The van der Waals surface area contributed by atoms with Crippen molar-refractivity contribution in [1.29, 1.82) is 0 Å². The molecule has 0 aliphatic carbocycles. The zero-order valence-electron chi connectivity index (χ0n) is 12.2. The summed E-state index contributed by atoms with van der Waals surface area (Å²) in [6, 6.07) is 2.94. The number of ether oxygens (including phenoxy) is 1. The second-order valence-electron chi connectivity index (χ2n) is 4.52. The van der Waals surface area contributed by atoms with Crippen molar-refractivity contribution >= 4 is 33.2 Å². The van der Waals surface area contributed by atoms with Crippen LogP contribution < -0.4 is 10.0 Å². The molecule has 2 N–H and O–H groups in total. The largest absolute Gasteiger partial charge is 0.380 e. The highest BCUT2D eigenvalue weighted by molar-refractivity contribution is 7.89. The third-order valence-corrected chi connectivity index (χ3v) is 5.32. The summed E-state index contributed by atoms with van der Waals surface area (Å²) in [7, 11) is -2.19. The van der Waals surface area contributed by atoms with Crippen LogP contribution in [0.25, 0.3) is 0 Å². The van der Waals surface area contributed by atoms with Crippen LogP contribution in [0, 0.1) is 0 Å². The summed E-state index contributed by atoms with van der Waals surface area (Å²) in [6.45, 7) is 5.01. The van der Waals surface area contributed by atoms with E-state index in [9.17, 15) is 8.42 Å². The lowest BCUT2D eigenvalue weighted by atomic mass is 10.2. The van der Waals surface area contributed by atoms with Crippen LogP contribution in [-0.2, 0) is 21.3 Å². The van der Waals surface area contributed by atoms with Crippen molar-refractivity contribution < 1.29 is 13.2 Å². The predicted molar refractivity (Wildman–Crippen MR) is 85.5 cm³/mol. The van der Waals surface area contributed by atoms with Gasteiger partial charge >= 0.3 is 0 Å². The van der Waals surface area contributed by atoms with Gasteiger partial charge in [-0.3, -0.25) is 0 Å². The molecule has 21 heavy (non-hydrogen) atoms. The maximum atomic E-state index is 12.3. The first-order valence-electron chi connectivity index (χ1n) is 6.53. The molecule has 0 saturated carbocycles. The first-order chi connectivity index (χ1) is 9.83. The van der Waals surface area contributed by atoms with E-state index in [4.69, 9.17) is 27.9 Å². The zero-order chi connectivity index (χ0) is 16.0. The van der Waals surface area contributed by atoms with Crippen molar-refractivity contribution in [3.63, 3.8) is 0 Å². The van der Waals surface area contributed by atoms with E-state index in [0.29, 0.717) is 17.1 Å². The first kappa shape index (κ1) is 18.7. The van der Waals surface area contributed by atoms with Gasteiger partial charge in [-0.05, 0) is 25.6 Å². The van der Waals surface area contributed by atoms with Crippen LogP contribution in [0.2, 0.25) is 10.0 Å². The van der Waals surface area contributed by atoms with Gasteiger partial charge in [0.05, 0.1) is 11.1 Å². The van der Waals surface area contributed by atoms with E-state index in [0.717, 1.165) is 6.54 Å². The summed E-state index contributed by atoms with van der Waals surface area (Å²) < 4.78 is 32.1. The smallest absolute Gasteiger partial charge is 0.242 e. The van der Waals surface area contributed by atoms with Crippen LogP contribution in [0.3, 0.4) is 0 Å². The maximum absolute atomic E-state index is 12.3. The van der Waals surface area contributed by atoms with Crippen molar-refractivity contribution in [2.75, 3.05) is 20.2 Å². The highest BCUT2D eigenvalue weighted by Crippen LogP contribution is 2.30. The third kappa shape index (κ3) is 5.09. The molecule has 1 aromatic carbocycles. The number of halogens is 2. The van der Waals surface area contributed by atoms with Crippen LogP contribution in [-0.4, -0.2) is 34.7 Å². The first-order valence-corrected chi connectivity index (χ1v) is 8.77. The number of methoxy groups -OCH3 is 1. The minimum absolute atomic E-state index is 0.0183. The van der Waals surface area contributed by atoms with E-state index in [-0.39, 0.29) is 22.6 Å². The molecule has 8 heteroatoms. The molecule has 0 saturated heterocycles. The average molecular weight is 355 g/mol. The molecule has 0 aliphatic rings. The van der Waals surface area contributed by atoms with Crippen LogP contribution in [0.15, 0.2) is 17.0 Å². The molecule has 0 radical (unpaired) electrons. The van der Waals surface area contributed by atoms with Crippen molar-refractivity contribution in [3.05, 3.63) is 27.7 Å². The summed E-state index contributed by atoms with van der Waals surface area (Å²) >= 11 is 12.3. The summed E-state index contributed by atoms with van der Waals surface area (Å²) in [5.41, 5.74) is 0.572. The van der Waals surface area contributed by atoms with Gasteiger partial charge in [0.15, 0.2) is 0 Å². The molecule has 0 amide bonds. The fourth-order valence-electron chi connectivity index (χ4n) is 1.58. The minimum Gasteiger partial charge on any atom is -0.380 e. The molecule has 0 aliphatic heterocycles. The van der Waals surface area contributed by atoms with E-state index in [1.54, 1.807) is 6.92 Å². The summed E-state index contributed by atoms with van der Waals surface area (Å²) in [5, 5.41) is 3.66. The molecular formula is C13H20Cl2N2O3S. The Balaban J connectivity index is 3.07. The number of nitrogens with one attached hydrogen (secondary N) is 2. The molecule has 120 valence electrons. The monoisotopic (exact) mass is 354 g/mol. The zero-order valence-corrected chi connectivity index (χ0v) is 14.6. The highest BCUT2D eigenvalue weighted by Gasteiger charge is 2.21. The van der Waals surface area contributed by atoms with Gasteiger partial charge in [-0.25, -0.2) is 13.1 Å². The lowest BCUT2D eigenvalue weighted by Gasteiger charge is -2.15. The van der Waals surface area contributed by atoms with Gasteiger partial charge in [0, 0.05) is 30.8 Å². The molecule has 1 rings (SSSR count). The maximum Gasteiger partial charge on any atom is 0.242 e. The average Bonchev–Trinajstić information content (AvgIpc) is 2.44. The highest BCUT2D eigenvalue weighted by atomic mass is 35.5. The van der Waals surface area contributed by atoms with E-state index in [1.807, 2.05) is 6.92 Å². The van der Waals surface area contributed by atoms with Crippen LogP contribution >= 0.6 is 23.2 Å². The van der Waals surface area contributed by atoms with E-state index in [1.165, 1.54) is 19.2 Å². The van der Waals surface area contributed by atoms with E-state index in [2.05, 4.69) is 10.0 Å². The van der Waals surface area contributed by atoms with Gasteiger partial charge in [0.1, 0.15) is 4.90 Å². The molecule has 5 nitrogen and oxygen atoms in total. The SMILES string of the molecule is CCNCc1c(Cl)ccc(S(=O)(=O)NCC(C)OC)c1Cl. The normalized spacial score (nSPS) is 13.4. The fraction of sp³-hybridized carbons (Fsp3) is 0.538. The lowest BCUT2D eigenvalue weighted by molar-refractivity contribution is 0.122. The lowest BCUT2D eigenvalue weighted by Crippen LogP contribution is -2.32. The fourth-order valence-corrected chi connectivity index (χ4v) is 3.61. The number of benzene rings is 1. The quantitative estimate of drug-likeness (QED) is 0.752. The molecule has 1 unspecified atom stereocenters. The van der Waals surface area contributed by atoms with Gasteiger partial charge in [0.25, 0.3) is 0 Å². The summed E-state index contributed by atoms with van der Waals surface area (Å²) in [5.74, 6) is 0. The predicted octanol–water partition coefficient (Wildman–Crippen LogP) is 2.42. The number of hydrogen-bond acceptors (Lipinski definition) is 4. The molecule has 0 heterocycles. The second kappa shape index (κ2) is 8.31. The molecular weight excluding hydrogens is 335 g/mol. The number of sulfonamides is 1. The topological polar surface area (TPSA) is 67.4 Å². The van der Waals surface area contributed by atoms with Crippen molar-refractivity contribution in [1.82, 2.24) is 10.0 Å². The van der Waals surface area contributed by atoms with Crippen molar-refractivity contribution in [2.45, 2.75) is 31.4 Å². The van der Waals surface area contributed by atoms with Gasteiger partial charge in [-0.2, -0.15) is 0 Å². The Morgan fingerprint density at radius 3 is 2.57 bits per heavy atom.